The van der Waals surface area contributed by atoms with Crippen molar-refractivity contribution in [2.75, 3.05) is 32.8 Å². The summed E-state index contributed by atoms with van der Waals surface area (Å²) in [5.74, 6) is 0.115. The van der Waals surface area contributed by atoms with Gasteiger partial charge in [-0.25, -0.2) is 0 Å². The molecule has 4 nitrogen and oxygen atoms in total. The minimum absolute atomic E-state index is 0.115. The number of nitrogens with one attached hydrogen (secondary N) is 1. The van der Waals surface area contributed by atoms with E-state index in [0.29, 0.717) is 19.8 Å². The Morgan fingerprint density at radius 2 is 1.76 bits per heavy atom. The second-order valence-electron chi connectivity index (χ2n) is 6.18. The fourth-order valence-electron chi connectivity index (χ4n) is 3.18. The van der Waals surface area contributed by atoms with Crippen LogP contribution in [0.4, 0.5) is 0 Å². The highest BCUT2D eigenvalue weighted by Crippen LogP contribution is 2.29. The quantitative estimate of drug-likeness (QED) is 0.920. The van der Waals surface area contributed by atoms with E-state index < -0.39 is 0 Å². The van der Waals surface area contributed by atoms with Crippen molar-refractivity contribution in [3.63, 3.8) is 0 Å². The molecule has 1 aromatic carbocycles. The highest BCUT2D eigenvalue weighted by atomic mass is 16.5. The molecule has 0 atom stereocenters. The molecule has 0 saturated carbocycles. The van der Waals surface area contributed by atoms with Crippen LogP contribution in [0.15, 0.2) is 30.3 Å². The molecule has 0 aromatic heterocycles. The Bertz CT molecular complexity index is 463. The van der Waals surface area contributed by atoms with E-state index >= 15 is 0 Å². The Morgan fingerprint density at radius 3 is 2.33 bits per heavy atom. The molecule has 1 amide bonds. The van der Waals surface area contributed by atoms with E-state index in [4.69, 9.17) is 4.74 Å². The van der Waals surface area contributed by atoms with E-state index in [1.54, 1.807) is 0 Å². The minimum Gasteiger partial charge on any atom is -0.376 e. The predicted octanol–water partition coefficient (Wildman–Crippen LogP) is 1.90. The van der Waals surface area contributed by atoms with E-state index in [9.17, 15) is 4.79 Å². The highest BCUT2D eigenvalue weighted by Gasteiger charge is 2.41. The van der Waals surface area contributed by atoms with Crippen LogP contribution in [0.25, 0.3) is 0 Å². The molecule has 0 spiro atoms. The Morgan fingerprint density at radius 1 is 1.10 bits per heavy atom. The molecular weight excluding hydrogens is 264 g/mol. The molecule has 1 N–H and O–H groups in total. The zero-order valence-electron chi connectivity index (χ0n) is 12.5. The summed E-state index contributed by atoms with van der Waals surface area (Å²) in [6, 6.07) is 10.1. The van der Waals surface area contributed by atoms with Gasteiger partial charge in [-0.3, -0.25) is 9.69 Å². The van der Waals surface area contributed by atoms with Crippen LogP contribution in [0.5, 0.6) is 0 Å². The molecule has 0 aliphatic carbocycles. The number of carbonyl (C=O) groups excluding carboxylic acids is 1. The number of likely N-dealkylation sites (tertiary alicyclic amines) is 1. The van der Waals surface area contributed by atoms with Crippen LogP contribution in [-0.2, 0) is 15.1 Å². The van der Waals surface area contributed by atoms with Crippen molar-refractivity contribution in [2.24, 2.45) is 0 Å². The summed E-state index contributed by atoms with van der Waals surface area (Å²) in [5.41, 5.74) is 0.824. The zero-order chi connectivity index (χ0) is 14.5. The maximum Gasteiger partial charge on any atom is 0.235 e. The largest absolute Gasteiger partial charge is 0.376 e. The van der Waals surface area contributed by atoms with Gasteiger partial charge in [0.05, 0.1) is 19.8 Å². The molecule has 2 heterocycles. The first-order valence-corrected chi connectivity index (χ1v) is 7.95. The molecule has 1 aromatic rings. The first-order chi connectivity index (χ1) is 10.3. The van der Waals surface area contributed by atoms with Crippen molar-refractivity contribution >= 4 is 5.91 Å². The second kappa shape index (κ2) is 6.58. The lowest BCUT2D eigenvalue weighted by Gasteiger charge is -2.42. The lowest BCUT2D eigenvalue weighted by Crippen LogP contribution is -2.60. The van der Waals surface area contributed by atoms with Gasteiger partial charge in [-0.15, -0.1) is 0 Å². The standard InChI is InChI=1S/C17H24N2O2/c20-16(12-19-10-6-1-2-7-11-19)18-17(13-21-14-17)15-8-4-3-5-9-15/h3-5,8-9H,1-2,6-7,10-14H2,(H,18,20). The zero-order valence-corrected chi connectivity index (χ0v) is 12.5. The second-order valence-corrected chi connectivity index (χ2v) is 6.18. The summed E-state index contributed by atoms with van der Waals surface area (Å²) < 4.78 is 5.38. The van der Waals surface area contributed by atoms with Gasteiger partial charge in [-0.05, 0) is 31.5 Å². The number of benzene rings is 1. The third-order valence-electron chi connectivity index (χ3n) is 4.47. The van der Waals surface area contributed by atoms with Gasteiger partial charge < -0.3 is 10.1 Å². The maximum absolute atomic E-state index is 12.4. The molecule has 0 unspecified atom stereocenters. The van der Waals surface area contributed by atoms with Crippen LogP contribution in [0.1, 0.15) is 31.2 Å². The van der Waals surface area contributed by atoms with Gasteiger partial charge in [-0.2, -0.15) is 0 Å². The van der Waals surface area contributed by atoms with Gasteiger partial charge in [0.1, 0.15) is 5.54 Å². The minimum atomic E-state index is -0.315. The van der Waals surface area contributed by atoms with Gasteiger partial charge in [0.15, 0.2) is 0 Å². The van der Waals surface area contributed by atoms with Gasteiger partial charge in [0.2, 0.25) is 5.91 Å². The van der Waals surface area contributed by atoms with Crippen LogP contribution in [0.3, 0.4) is 0 Å². The molecule has 21 heavy (non-hydrogen) atoms. The smallest absolute Gasteiger partial charge is 0.235 e. The van der Waals surface area contributed by atoms with Crippen molar-refractivity contribution in [3.05, 3.63) is 35.9 Å². The van der Waals surface area contributed by atoms with E-state index in [0.717, 1.165) is 18.7 Å². The summed E-state index contributed by atoms with van der Waals surface area (Å²) >= 11 is 0. The molecule has 3 rings (SSSR count). The van der Waals surface area contributed by atoms with Crippen LogP contribution >= 0.6 is 0 Å². The van der Waals surface area contributed by atoms with Crippen molar-refractivity contribution in [3.8, 4) is 0 Å². The Labute approximate surface area is 126 Å². The number of amides is 1. The van der Waals surface area contributed by atoms with E-state index in [-0.39, 0.29) is 11.4 Å². The number of rotatable bonds is 4. The van der Waals surface area contributed by atoms with Gasteiger partial charge in [0, 0.05) is 0 Å². The third kappa shape index (κ3) is 3.44. The molecule has 2 aliphatic rings. The summed E-state index contributed by atoms with van der Waals surface area (Å²) in [7, 11) is 0. The van der Waals surface area contributed by atoms with Crippen LogP contribution in [0.2, 0.25) is 0 Å². The number of ether oxygens (including phenoxy) is 1. The fraction of sp³-hybridized carbons (Fsp3) is 0.588. The van der Waals surface area contributed by atoms with Crippen molar-refractivity contribution in [1.82, 2.24) is 10.2 Å². The molecule has 114 valence electrons. The topological polar surface area (TPSA) is 41.6 Å². The lowest BCUT2D eigenvalue weighted by atomic mass is 9.88. The Hall–Kier alpha value is -1.39. The number of carbonyl (C=O) groups is 1. The monoisotopic (exact) mass is 288 g/mol. The van der Waals surface area contributed by atoms with E-state index in [1.807, 2.05) is 18.2 Å². The predicted molar refractivity (Wildman–Crippen MR) is 82.0 cm³/mol. The van der Waals surface area contributed by atoms with Crippen molar-refractivity contribution < 1.29 is 9.53 Å². The Balaban J connectivity index is 1.60. The molecular formula is C17H24N2O2. The normalized spacial score (nSPS) is 22.1. The molecule has 2 fully saturated rings. The van der Waals surface area contributed by atoms with Gasteiger partial charge in [0.25, 0.3) is 0 Å². The summed E-state index contributed by atoms with van der Waals surface area (Å²) in [6.45, 7) is 3.74. The fourth-order valence-corrected chi connectivity index (χ4v) is 3.18. The number of nitrogens with zero attached hydrogens (tertiary/aromatic N) is 1. The summed E-state index contributed by atoms with van der Waals surface area (Å²) in [4.78, 5) is 14.7. The number of hydrogen-bond donors (Lipinski definition) is 1. The SMILES string of the molecule is O=C(CN1CCCCCC1)NC1(c2ccccc2)COC1. The van der Waals surface area contributed by atoms with Crippen LogP contribution in [-0.4, -0.2) is 43.7 Å². The lowest BCUT2D eigenvalue weighted by molar-refractivity contribution is -0.135. The van der Waals surface area contributed by atoms with E-state index in [1.165, 1.54) is 25.7 Å². The van der Waals surface area contributed by atoms with E-state index in [2.05, 4.69) is 22.3 Å². The van der Waals surface area contributed by atoms with Crippen molar-refractivity contribution in [2.45, 2.75) is 31.2 Å². The molecule has 0 radical (unpaired) electrons. The molecule has 2 aliphatic heterocycles. The highest BCUT2D eigenvalue weighted by molar-refractivity contribution is 5.79. The average molecular weight is 288 g/mol. The average Bonchev–Trinajstić information content (AvgIpc) is 2.72. The molecule has 4 heteroatoms. The molecule has 2 saturated heterocycles. The third-order valence-corrected chi connectivity index (χ3v) is 4.47. The first kappa shape index (κ1) is 14.5. The van der Waals surface area contributed by atoms with Crippen molar-refractivity contribution in [1.29, 1.82) is 0 Å². The summed E-state index contributed by atoms with van der Waals surface area (Å²) in [5, 5.41) is 3.21. The Kier molecular flexibility index (Phi) is 4.56. The summed E-state index contributed by atoms with van der Waals surface area (Å²) in [6.07, 6.45) is 5.00. The number of hydrogen-bond acceptors (Lipinski definition) is 3. The van der Waals surface area contributed by atoms with Gasteiger partial charge >= 0.3 is 0 Å². The molecule has 0 bridgehead atoms. The van der Waals surface area contributed by atoms with Crippen LogP contribution < -0.4 is 5.32 Å². The first-order valence-electron chi connectivity index (χ1n) is 7.95. The maximum atomic E-state index is 12.4. The van der Waals surface area contributed by atoms with Gasteiger partial charge in [-0.1, -0.05) is 43.2 Å². The van der Waals surface area contributed by atoms with Crippen LogP contribution in [0, 0.1) is 0 Å².